The van der Waals surface area contributed by atoms with Crippen LogP contribution in [-0.2, 0) is 55.9 Å². The normalized spacial score (nSPS) is 31.2. The molecule has 3 aliphatic carbocycles. The molecule has 2 bridgehead atoms. The average molecular weight is 828 g/mol. The van der Waals surface area contributed by atoms with E-state index in [0.717, 1.165) is 42.4 Å². The summed E-state index contributed by atoms with van der Waals surface area (Å²) in [4.78, 5) is 65.1. The number of aliphatic hydroxyl groups is 1. The molecule has 8 unspecified atom stereocenters. The number of hydrogen-bond acceptors (Lipinski definition) is 12. The molecule has 322 valence electrons. The number of hydrogen-bond donors (Lipinski definition) is 3. The Bertz CT molecular complexity index is 2010. The van der Waals surface area contributed by atoms with E-state index >= 15 is 4.79 Å². The van der Waals surface area contributed by atoms with Gasteiger partial charge in [-0.2, -0.15) is 5.06 Å². The summed E-state index contributed by atoms with van der Waals surface area (Å²) in [6, 6.07) is 12.3. The zero-order valence-electron chi connectivity index (χ0n) is 34.6. The van der Waals surface area contributed by atoms with Crippen LogP contribution in [0.25, 0.3) is 6.08 Å². The number of amides is 2. The summed E-state index contributed by atoms with van der Waals surface area (Å²) in [5.74, 6) is -1.93. The third-order valence-electron chi connectivity index (χ3n) is 13.4. The van der Waals surface area contributed by atoms with Crippen molar-refractivity contribution in [3.05, 3.63) is 71.3 Å². The molecule has 0 spiro atoms. The van der Waals surface area contributed by atoms with E-state index in [0.29, 0.717) is 25.8 Å². The first-order valence-electron chi connectivity index (χ1n) is 21.8. The quantitative estimate of drug-likeness (QED) is 0.231. The second kappa shape index (κ2) is 15.8. The number of aliphatic hydroxyl groups excluding tert-OH is 1. The van der Waals surface area contributed by atoms with E-state index in [1.54, 1.807) is 42.9 Å². The Morgan fingerprint density at radius 2 is 1.68 bits per heavy atom. The molecule has 0 radical (unpaired) electrons. The van der Waals surface area contributed by atoms with Crippen molar-refractivity contribution in [1.82, 2.24) is 15.3 Å². The highest BCUT2D eigenvalue weighted by Crippen LogP contribution is 2.64. The fourth-order valence-electron chi connectivity index (χ4n) is 10.4. The Balaban J connectivity index is 1.00. The first kappa shape index (κ1) is 41.0. The van der Waals surface area contributed by atoms with Gasteiger partial charge in [0.2, 0.25) is 11.8 Å². The number of aromatic hydroxyl groups is 1. The molecule has 14 heteroatoms. The van der Waals surface area contributed by atoms with Gasteiger partial charge in [-0.15, -0.1) is 0 Å². The van der Waals surface area contributed by atoms with Gasteiger partial charge in [0, 0.05) is 31.2 Å². The van der Waals surface area contributed by atoms with E-state index in [4.69, 9.17) is 23.8 Å². The molecular formula is C46H57N3O11. The fourth-order valence-corrected chi connectivity index (χ4v) is 10.4. The van der Waals surface area contributed by atoms with Gasteiger partial charge in [-0.05, 0) is 94.9 Å². The minimum atomic E-state index is -1.45. The van der Waals surface area contributed by atoms with Gasteiger partial charge in [-0.25, -0.2) is 0 Å². The summed E-state index contributed by atoms with van der Waals surface area (Å²) in [6.45, 7) is 5.39. The fraction of sp³-hybridized carbons (Fsp3) is 0.609. The number of carbonyl (C=O) groups is 4. The Hall–Kier alpha value is -4.34. The van der Waals surface area contributed by atoms with Gasteiger partial charge in [0.05, 0.1) is 19.2 Å². The lowest BCUT2D eigenvalue weighted by Crippen LogP contribution is -2.70. The molecule has 4 heterocycles. The summed E-state index contributed by atoms with van der Waals surface area (Å²) < 4.78 is 25.7. The number of nitrogens with zero attached hydrogens (tertiary/aromatic N) is 2. The van der Waals surface area contributed by atoms with Crippen molar-refractivity contribution in [3.63, 3.8) is 0 Å². The zero-order valence-corrected chi connectivity index (χ0v) is 34.6. The number of benzene rings is 2. The van der Waals surface area contributed by atoms with Gasteiger partial charge in [0.15, 0.2) is 11.8 Å². The molecule has 7 fully saturated rings. The maximum Gasteiger partial charge on any atom is 0.327 e. The number of fused-ring (bicyclic) bond motifs is 4. The van der Waals surface area contributed by atoms with Gasteiger partial charge >= 0.3 is 11.9 Å². The van der Waals surface area contributed by atoms with Crippen LogP contribution in [0.3, 0.4) is 0 Å². The van der Waals surface area contributed by atoms with Crippen LogP contribution in [0.2, 0.25) is 0 Å². The predicted octanol–water partition coefficient (Wildman–Crippen LogP) is 4.34. The third-order valence-corrected chi connectivity index (χ3v) is 13.4. The maximum atomic E-state index is 15.6. The maximum absolute atomic E-state index is 15.6. The van der Waals surface area contributed by atoms with Crippen molar-refractivity contribution in [3.8, 4) is 5.75 Å². The zero-order chi connectivity index (χ0) is 42.0. The molecule has 14 nitrogen and oxygen atoms in total. The average Bonchev–Trinajstić information content (AvgIpc) is 4.13. The smallest absolute Gasteiger partial charge is 0.327 e. The molecule has 2 aromatic carbocycles. The van der Waals surface area contributed by atoms with E-state index in [-0.39, 0.29) is 49.3 Å². The summed E-state index contributed by atoms with van der Waals surface area (Å²) >= 11 is 0. The molecule has 7 aliphatic rings. The molecular weight excluding hydrogens is 771 g/mol. The van der Waals surface area contributed by atoms with Crippen molar-refractivity contribution in [2.75, 3.05) is 13.2 Å². The van der Waals surface area contributed by atoms with Crippen molar-refractivity contribution >= 4 is 29.8 Å². The molecule has 2 aromatic rings. The van der Waals surface area contributed by atoms with Crippen LogP contribution in [0.1, 0.15) is 95.2 Å². The Morgan fingerprint density at radius 3 is 2.38 bits per heavy atom. The highest BCUT2D eigenvalue weighted by molar-refractivity contribution is 5.96. The number of ether oxygens (including phenoxy) is 4. The second-order valence-corrected chi connectivity index (χ2v) is 18.8. The monoisotopic (exact) mass is 827 g/mol. The van der Waals surface area contributed by atoms with Crippen molar-refractivity contribution < 1.29 is 53.2 Å². The Labute approximate surface area is 350 Å². The van der Waals surface area contributed by atoms with Crippen molar-refractivity contribution in [2.24, 2.45) is 17.3 Å². The number of para-hydroxylation sites is 1. The number of nitrogens with one attached hydrogen (secondary N) is 1. The van der Waals surface area contributed by atoms with Gasteiger partial charge < -0.3 is 39.4 Å². The molecule has 4 aliphatic heterocycles. The van der Waals surface area contributed by atoms with E-state index in [2.05, 4.69) is 5.32 Å². The molecule has 2 amide bonds. The molecule has 8 atom stereocenters. The van der Waals surface area contributed by atoms with Crippen LogP contribution in [0.4, 0.5) is 0 Å². The summed E-state index contributed by atoms with van der Waals surface area (Å²) in [6.07, 6.45) is 6.73. The first-order chi connectivity index (χ1) is 28.8. The number of rotatable bonds is 14. The predicted molar refractivity (Wildman–Crippen MR) is 215 cm³/mol. The minimum absolute atomic E-state index is 0.00258. The standard InChI is InChI=1S/C46H57N3O11/c1-44(2,3)57-36(52)22-21-32(26-50)47-41(53)33-15-9-23-48(33)43(55)45-24-35-37-38(59-46(58-37,30-17-18-30)31-19-20-31)40(45)60-49(39(45)42(54)56-35)25-29-12-5-4-10-27(29)13-8-14-28-11-6-7-16-34(28)51/h4-8,10-13,16,30-33,35,37-40,50-51H,9,14-15,17-26H2,1-3H3,(H,47,53). The van der Waals surface area contributed by atoms with Gasteiger partial charge in [0.25, 0.3) is 0 Å². The summed E-state index contributed by atoms with van der Waals surface area (Å²) in [5.41, 5.74) is 0.423. The Kier molecular flexibility index (Phi) is 10.8. The molecule has 4 saturated heterocycles. The van der Waals surface area contributed by atoms with E-state index < -0.39 is 83.8 Å². The van der Waals surface area contributed by atoms with Crippen LogP contribution >= 0.6 is 0 Å². The van der Waals surface area contributed by atoms with Crippen LogP contribution in [-0.4, -0.2) is 111 Å². The van der Waals surface area contributed by atoms with Gasteiger partial charge in [-0.1, -0.05) is 54.6 Å². The number of phenols is 1. The first-order valence-corrected chi connectivity index (χ1v) is 21.8. The van der Waals surface area contributed by atoms with Crippen LogP contribution in [0.15, 0.2) is 54.6 Å². The van der Waals surface area contributed by atoms with Crippen LogP contribution in [0.5, 0.6) is 5.75 Å². The highest BCUT2D eigenvalue weighted by Gasteiger charge is 2.78. The molecule has 9 rings (SSSR count). The highest BCUT2D eigenvalue weighted by atomic mass is 16.8. The molecule has 0 aromatic heterocycles. The number of phenolic OH excluding ortho intramolecular Hbond substituents is 1. The number of hydroxylamine groups is 2. The van der Waals surface area contributed by atoms with Gasteiger partial charge in [0.1, 0.15) is 47.2 Å². The van der Waals surface area contributed by atoms with Crippen LogP contribution in [0, 0.1) is 17.3 Å². The number of likely N-dealkylation sites (tertiary alicyclic amines) is 1. The van der Waals surface area contributed by atoms with Crippen molar-refractivity contribution in [2.45, 2.75) is 145 Å². The minimum Gasteiger partial charge on any atom is -0.508 e. The lowest BCUT2D eigenvalue weighted by molar-refractivity contribution is -0.235. The lowest BCUT2D eigenvalue weighted by Gasteiger charge is -2.50. The third kappa shape index (κ3) is 7.52. The summed E-state index contributed by atoms with van der Waals surface area (Å²) in [5, 5.41) is 25.0. The SMILES string of the molecule is CC(C)(C)OC(=O)CCC(CO)NC(=O)C1CCCN1C(=O)C12CC3OC(=O)C1N(Cc1ccccc1C=CCc1ccccc1O)OC2C1OC(C2CC2)(C2CC2)OC31. The molecule has 3 N–H and O–H groups in total. The van der Waals surface area contributed by atoms with E-state index in [1.807, 2.05) is 48.6 Å². The van der Waals surface area contributed by atoms with E-state index in [9.17, 15) is 24.6 Å². The summed E-state index contributed by atoms with van der Waals surface area (Å²) in [7, 11) is 0. The van der Waals surface area contributed by atoms with Crippen molar-refractivity contribution in [1.29, 1.82) is 0 Å². The van der Waals surface area contributed by atoms with Crippen LogP contribution < -0.4 is 5.32 Å². The molecule has 60 heavy (non-hydrogen) atoms. The molecule has 3 saturated carbocycles. The number of carbonyl (C=O) groups excluding carboxylic acids is 4. The largest absolute Gasteiger partial charge is 0.508 e. The topological polar surface area (TPSA) is 173 Å². The number of esters is 2. The van der Waals surface area contributed by atoms with Gasteiger partial charge in [-0.3, -0.25) is 24.0 Å². The second-order valence-electron chi connectivity index (χ2n) is 18.8. The number of allylic oxidation sites excluding steroid dienone is 1. The Morgan fingerprint density at radius 1 is 0.983 bits per heavy atom. The lowest BCUT2D eigenvalue weighted by atomic mass is 9.62. The van der Waals surface area contributed by atoms with E-state index in [1.165, 1.54) is 0 Å².